The number of hydrogen-bond donors (Lipinski definition) is 0. The Balaban J connectivity index is 0. The van der Waals surface area contributed by atoms with E-state index in [9.17, 15) is 0 Å². The molecular weight excluding hydrogens is 238 g/mol. The Labute approximate surface area is 75.0 Å². The Morgan fingerprint density at radius 2 is 1.11 bits per heavy atom. The summed E-state index contributed by atoms with van der Waals surface area (Å²) in [5, 5.41) is 0. The van der Waals surface area contributed by atoms with Gasteiger partial charge in [-0.05, 0) is 13.8 Å². The van der Waals surface area contributed by atoms with Gasteiger partial charge >= 0.3 is 49.6 Å². The number of halogens is 4. The van der Waals surface area contributed by atoms with E-state index in [0.717, 1.165) is 0 Å². The van der Waals surface area contributed by atoms with Crippen LogP contribution in [0.15, 0.2) is 12.2 Å². The fourth-order valence-corrected chi connectivity index (χ4v) is 0. The zero-order chi connectivity index (χ0) is 8.08. The second kappa shape index (κ2) is 6.33. The summed E-state index contributed by atoms with van der Waals surface area (Å²) in [7, 11) is 20.1. The molecule has 0 unspecified atom stereocenters. The van der Waals surface area contributed by atoms with E-state index in [-0.39, 0.29) is 0 Å². The molecule has 5 heteroatoms. The summed E-state index contributed by atoms with van der Waals surface area (Å²) in [6.07, 6.45) is 0. The Bertz CT molecular complexity index is 75.1. The Hall–Kier alpha value is 1.61. The van der Waals surface area contributed by atoms with Crippen LogP contribution in [0.5, 0.6) is 0 Å². The Morgan fingerprint density at radius 1 is 1.11 bits per heavy atom. The average Bonchev–Trinajstić information content (AvgIpc) is 1.19. The van der Waals surface area contributed by atoms with Crippen LogP contribution in [-0.2, 0) is 12.3 Å². The summed E-state index contributed by atoms with van der Waals surface area (Å²) in [5.74, 6) is 0. The normalized spacial score (nSPS) is 9.56. The molecule has 0 amide bonds. The van der Waals surface area contributed by atoms with E-state index in [2.05, 4.69) is 6.58 Å². The van der Waals surface area contributed by atoms with Crippen molar-refractivity contribution in [3.63, 3.8) is 0 Å². The Kier molecular flexibility index (Phi) is 9.30. The van der Waals surface area contributed by atoms with Crippen molar-refractivity contribution >= 4 is 37.2 Å². The van der Waals surface area contributed by atoms with Gasteiger partial charge < -0.3 is 0 Å². The van der Waals surface area contributed by atoms with Crippen LogP contribution in [0.2, 0.25) is 0 Å². The molecule has 0 aliphatic rings. The van der Waals surface area contributed by atoms with Crippen molar-refractivity contribution in [2.75, 3.05) is 0 Å². The van der Waals surface area contributed by atoms with Crippen LogP contribution in [0.25, 0.3) is 0 Å². The van der Waals surface area contributed by atoms with Gasteiger partial charge in [0.05, 0.1) is 0 Å². The topological polar surface area (TPSA) is 0 Å². The first kappa shape index (κ1) is 13.2. The summed E-state index contributed by atoms with van der Waals surface area (Å²) in [4.78, 5) is 0. The van der Waals surface area contributed by atoms with Crippen molar-refractivity contribution in [3.8, 4) is 0 Å². The molecule has 0 aromatic heterocycles. The van der Waals surface area contributed by atoms with Gasteiger partial charge in [-0.1, -0.05) is 5.57 Å². The van der Waals surface area contributed by atoms with Crippen molar-refractivity contribution in [1.29, 1.82) is 0 Å². The molecule has 0 aliphatic carbocycles. The molecule has 0 nitrogen and oxygen atoms in total. The van der Waals surface area contributed by atoms with Gasteiger partial charge in [-0.2, -0.15) is 0 Å². The van der Waals surface area contributed by atoms with E-state index in [1.165, 1.54) is 5.57 Å². The monoisotopic (exact) mass is 244 g/mol. The third-order valence-electron chi connectivity index (χ3n) is 0. The van der Waals surface area contributed by atoms with Gasteiger partial charge in [0.1, 0.15) is 0 Å². The first-order valence-corrected chi connectivity index (χ1v) is 10.7. The van der Waals surface area contributed by atoms with Gasteiger partial charge in [0.25, 0.3) is 0 Å². The van der Waals surface area contributed by atoms with E-state index in [0.29, 0.717) is 0 Å². The fourth-order valence-electron chi connectivity index (χ4n) is 0. The molecular formula is C4H8Cl4Ti. The Morgan fingerprint density at radius 3 is 1.11 bits per heavy atom. The number of allylic oxidation sites excluding steroid dienone is 1. The quantitative estimate of drug-likeness (QED) is 0.440. The molecule has 0 radical (unpaired) electrons. The predicted molar refractivity (Wildman–Crippen MR) is 43.9 cm³/mol. The SMILES string of the molecule is C=C(C)C.[Cl][Ti]([Cl])([Cl])[Cl]. The van der Waals surface area contributed by atoms with Crippen LogP contribution in [-0.4, -0.2) is 0 Å². The maximum atomic E-state index is 5.01. The van der Waals surface area contributed by atoms with Crippen LogP contribution < -0.4 is 0 Å². The van der Waals surface area contributed by atoms with Crippen molar-refractivity contribution in [2.45, 2.75) is 13.8 Å². The van der Waals surface area contributed by atoms with Gasteiger partial charge in [-0.3, -0.25) is 0 Å². The molecule has 0 aromatic carbocycles. The summed E-state index contributed by atoms with van der Waals surface area (Å²) in [6, 6.07) is 0. The second-order valence-corrected chi connectivity index (χ2v) is 17.1. The van der Waals surface area contributed by atoms with E-state index < -0.39 is 12.3 Å². The van der Waals surface area contributed by atoms with E-state index in [1.807, 2.05) is 13.8 Å². The molecule has 0 saturated heterocycles. The summed E-state index contributed by atoms with van der Waals surface area (Å²) >= 11 is -3.11. The first-order valence-electron chi connectivity index (χ1n) is 2.11. The van der Waals surface area contributed by atoms with Crippen molar-refractivity contribution in [1.82, 2.24) is 0 Å². The average molecular weight is 246 g/mol. The first-order chi connectivity index (χ1) is 3.73. The molecule has 0 heterocycles. The molecule has 56 valence electrons. The van der Waals surface area contributed by atoms with E-state index >= 15 is 0 Å². The van der Waals surface area contributed by atoms with Crippen molar-refractivity contribution < 1.29 is 12.3 Å². The molecule has 0 N–H and O–H groups in total. The van der Waals surface area contributed by atoms with Gasteiger partial charge in [0.15, 0.2) is 0 Å². The fraction of sp³-hybridized carbons (Fsp3) is 0.500. The molecule has 0 fully saturated rings. The van der Waals surface area contributed by atoms with Crippen LogP contribution in [0, 0.1) is 0 Å². The minimum absolute atomic E-state index is 1.17. The van der Waals surface area contributed by atoms with Crippen LogP contribution in [0.1, 0.15) is 13.8 Å². The molecule has 0 bridgehead atoms. The van der Waals surface area contributed by atoms with E-state index in [4.69, 9.17) is 37.2 Å². The standard InChI is InChI=1S/C4H8.4ClH.Ti/c1-4(2)3;;;;;/h1H2,2-3H3;4*1H;/q;;;;;+4/p-4. The summed E-state index contributed by atoms with van der Waals surface area (Å²) < 4.78 is 0. The predicted octanol–water partition coefficient (Wildman–Crippen LogP) is 4.34. The van der Waals surface area contributed by atoms with Crippen molar-refractivity contribution in [2.24, 2.45) is 0 Å². The summed E-state index contributed by atoms with van der Waals surface area (Å²) in [5.41, 5.74) is 1.17. The maximum absolute atomic E-state index is 5.01. The zero-order valence-corrected chi connectivity index (χ0v) is 9.80. The van der Waals surface area contributed by atoms with Crippen LogP contribution >= 0.6 is 37.2 Å². The second-order valence-electron chi connectivity index (χ2n) is 1.64. The number of rotatable bonds is 0. The minimum atomic E-state index is -3.11. The molecule has 0 rings (SSSR count). The van der Waals surface area contributed by atoms with E-state index in [1.54, 1.807) is 0 Å². The molecule has 0 aliphatic heterocycles. The molecule has 9 heavy (non-hydrogen) atoms. The third-order valence-corrected chi connectivity index (χ3v) is 0. The van der Waals surface area contributed by atoms with Gasteiger partial charge in [0.2, 0.25) is 0 Å². The molecule has 0 spiro atoms. The molecule has 0 atom stereocenters. The summed E-state index contributed by atoms with van der Waals surface area (Å²) in [6.45, 7) is 7.50. The van der Waals surface area contributed by atoms with Crippen LogP contribution in [0.4, 0.5) is 0 Å². The van der Waals surface area contributed by atoms with Crippen molar-refractivity contribution in [3.05, 3.63) is 12.2 Å². The van der Waals surface area contributed by atoms with Crippen LogP contribution in [0.3, 0.4) is 0 Å². The molecule has 0 aromatic rings. The third kappa shape index (κ3) is 214. The van der Waals surface area contributed by atoms with Gasteiger partial charge in [-0.15, -0.1) is 6.58 Å². The zero-order valence-electron chi connectivity index (χ0n) is 5.22. The molecule has 0 saturated carbocycles. The number of hydrogen-bond acceptors (Lipinski definition) is 0. The van der Waals surface area contributed by atoms with Gasteiger partial charge in [0, 0.05) is 0 Å². The van der Waals surface area contributed by atoms with Gasteiger partial charge in [-0.25, -0.2) is 0 Å².